The summed E-state index contributed by atoms with van der Waals surface area (Å²) >= 11 is 3.44. The zero-order chi connectivity index (χ0) is 13.7. The standard InChI is InChI=1S/C16H22BrNO/c1-2-18(12-6-11-17)16(19)15-10-5-8-13-7-3-4-9-14(13)15/h3-4,7,9,15H,2,5-6,8,10-12H2,1H3. The van der Waals surface area contributed by atoms with Crippen molar-refractivity contribution in [2.75, 3.05) is 18.4 Å². The number of rotatable bonds is 5. The van der Waals surface area contributed by atoms with Gasteiger partial charge >= 0.3 is 0 Å². The molecule has 0 fully saturated rings. The molecule has 1 aliphatic rings. The minimum atomic E-state index is 0.0835. The van der Waals surface area contributed by atoms with Crippen LogP contribution in [0.5, 0.6) is 0 Å². The van der Waals surface area contributed by atoms with Crippen molar-refractivity contribution in [3.63, 3.8) is 0 Å². The summed E-state index contributed by atoms with van der Waals surface area (Å²) in [5, 5.41) is 0.956. The quantitative estimate of drug-likeness (QED) is 0.756. The number of hydrogen-bond acceptors (Lipinski definition) is 1. The van der Waals surface area contributed by atoms with E-state index < -0.39 is 0 Å². The van der Waals surface area contributed by atoms with Crippen molar-refractivity contribution in [2.24, 2.45) is 0 Å². The molecule has 1 aliphatic carbocycles. The number of amides is 1. The van der Waals surface area contributed by atoms with Crippen LogP contribution in [0.2, 0.25) is 0 Å². The second kappa shape index (κ2) is 7.09. The van der Waals surface area contributed by atoms with E-state index in [9.17, 15) is 4.79 Å². The van der Waals surface area contributed by atoms with Crippen LogP contribution >= 0.6 is 15.9 Å². The van der Waals surface area contributed by atoms with Gasteiger partial charge in [-0.15, -0.1) is 0 Å². The molecule has 0 heterocycles. The maximum Gasteiger partial charge on any atom is 0.230 e. The molecule has 1 amide bonds. The number of benzene rings is 1. The van der Waals surface area contributed by atoms with Crippen LogP contribution in [0.3, 0.4) is 0 Å². The van der Waals surface area contributed by atoms with E-state index in [1.165, 1.54) is 11.1 Å². The van der Waals surface area contributed by atoms with Crippen molar-refractivity contribution in [3.8, 4) is 0 Å². The highest BCUT2D eigenvalue weighted by molar-refractivity contribution is 9.09. The number of likely N-dealkylation sites (N-methyl/N-ethyl adjacent to an activating group) is 1. The number of aryl methyl sites for hydroxylation is 1. The Bertz CT molecular complexity index is 433. The normalized spacial score (nSPS) is 17.9. The lowest BCUT2D eigenvalue weighted by molar-refractivity contribution is -0.133. The first kappa shape index (κ1) is 14.6. The third-order valence-corrected chi connectivity index (χ3v) is 4.48. The molecule has 0 radical (unpaired) electrons. The summed E-state index contributed by atoms with van der Waals surface area (Å²) in [5.74, 6) is 0.399. The van der Waals surface area contributed by atoms with Crippen LogP contribution in [0.25, 0.3) is 0 Å². The molecule has 1 aromatic carbocycles. The molecule has 0 saturated carbocycles. The summed E-state index contributed by atoms with van der Waals surface area (Å²) in [4.78, 5) is 14.7. The Morgan fingerprint density at radius 2 is 2.21 bits per heavy atom. The van der Waals surface area contributed by atoms with Gasteiger partial charge in [0.1, 0.15) is 0 Å². The lowest BCUT2D eigenvalue weighted by atomic mass is 9.82. The van der Waals surface area contributed by atoms with Gasteiger partial charge in [-0.3, -0.25) is 4.79 Å². The third kappa shape index (κ3) is 3.38. The van der Waals surface area contributed by atoms with Gasteiger partial charge in [0.05, 0.1) is 5.92 Å². The van der Waals surface area contributed by atoms with E-state index in [1.807, 2.05) is 4.90 Å². The first-order valence-electron chi connectivity index (χ1n) is 7.20. The number of nitrogens with zero attached hydrogens (tertiary/aromatic N) is 1. The van der Waals surface area contributed by atoms with Gasteiger partial charge < -0.3 is 4.90 Å². The molecule has 1 aromatic rings. The predicted molar refractivity (Wildman–Crippen MR) is 82.8 cm³/mol. The number of hydrogen-bond donors (Lipinski definition) is 0. The van der Waals surface area contributed by atoms with Gasteiger partial charge in [0.15, 0.2) is 0 Å². The smallest absolute Gasteiger partial charge is 0.230 e. The second-order valence-electron chi connectivity index (χ2n) is 5.10. The van der Waals surface area contributed by atoms with Crippen molar-refractivity contribution in [2.45, 2.75) is 38.5 Å². The molecule has 0 N–H and O–H groups in total. The van der Waals surface area contributed by atoms with Crippen LogP contribution in [-0.4, -0.2) is 29.2 Å². The SMILES string of the molecule is CCN(CCCBr)C(=O)C1CCCc2ccccc21. The molecule has 0 saturated heterocycles. The third-order valence-electron chi connectivity index (χ3n) is 3.92. The van der Waals surface area contributed by atoms with Crippen molar-refractivity contribution in [1.29, 1.82) is 0 Å². The Morgan fingerprint density at radius 1 is 1.42 bits per heavy atom. The van der Waals surface area contributed by atoms with Gasteiger partial charge in [0.2, 0.25) is 5.91 Å². The maximum absolute atomic E-state index is 12.7. The molecule has 3 heteroatoms. The molecule has 1 unspecified atom stereocenters. The van der Waals surface area contributed by atoms with E-state index in [0.717, 1.165) is 44.1 Å². The summed E-state index contributed by atoms with van der Waals surface area (Å²) in [6, 6.07) is 8.44. The number of carbonyl (C=O) groups is 1. The minimum absolute atomic E-state index is 0.0835. The fraction of sp³-hybridized carbons (Fsp3) is 0.562. The van der Waals surface area contributed by atoms with Crippen LogP contribution in [-0.2, 0) is 11.2 Å². The summed E-state index contributed by atoms with van der Waals surface area (Å²) in [6.45, 7) is 3.74. The van der Waals surface area contributed by atoms with E-state index in [0.29, 0.717) is 5.91 Å². The van der Waals surface area contributed by atoms with Crippen LogP contribution in [0.4, 0.5) is 0 Å². The summed E-state index contributed by atoms with van der Waals surface area (Å²) in [5.41, 5.74) is 2.62. The highest BCUT2D eigenvalue weighted by Gasteiger charge is 2.28. The van der Waals surface area contributed by atoms with E-state index in [1.54, 1.807) is 0 Å². The Labute approximate surface area is 124 Å². The molecule has 19 heavy (non-hydrogen) atoms. The van der Waals surface area contributed by atoms with Crippen LogP contribution in [0, 0.1) is 0 Å². The van der Waals surface area contributed by atoms with E-state index >= 15 is 0 Å². The van der Waals surface area contributed by atoms with Gasteiger partial charge in [-0.25, -0.2) is 0 Å². The Hall–Kier alpha value is -0.830. The number of carbonyl (C=O) groups excluding carboxylic acids is 1. The monoisotopic (exact) mass is 323 g/mol. The summed E-state index contributed by atoms with van der Waals surface area (Å²) in [7, 11) is 0. The maximum atomic E-state index is 12.7. The highest BCUT2D eigenvalue weighted by Crippen LogP contribution is 2.32. The zero-order valence-electron chi connectivity index (χ0n) is 11.6. The van der Waals surface area contributed by atoms with E-state index in [2.05, 4.69) is 47.1 Å². The van der Waals surface area contributed by atoms with Crippen LogP contribution < -0.4 is 0 Å². The average molecular weight is 324 g/mol. The number of halogens is 1. The number of alkyl halides is 1. The Kier molecular flexibility index (Phi) is 5.44. The summed E-state index contributed by atoms with van der Waals surface area (Å²) in [6.07, 6.45) is 4.27. The largest absolute Gasteiger partial charge is 0.342 e. The van der Waals surface area contributed by atoms with Gasteiger partial charge in [-0.2, -0.15) is 0 Å². The van der Waals surface area contributed by atoms with Gasteiger partial charge in [0, 0.05) is 18.4 Å². The lowest BCUT2D eigenvalue weighted by Gasteiger charge is -2.30. The first-order valence-corrected chi connectivity index (χ1v) is 8.32. The summed E-state index contributed by atoms with van der Waals surface area (Å²) < 4.78 is 0. The van der Waals surface area contributed by atoms with Crippen molar-refractivity contribution >= 4 is 21.8 Å². The molecule has 0 bridgehead atoms. The van der Waals surface area contributed by atoms with Crippen LogP contribution in [0.1, 0.15) is 43.2 Å². The van der Waals surface area contributed by atoms with E-state index in [4.69, 9.17) is 0 Å². The molecular weight excluding hydrogens is 302 g/mol. The predicted octanol–water partition coefficient (Wildman–Crippen LogP) is 3.74. The lowest BCUT2D eigenvalue weighted by Crippen LogP contribution is -2.37. The Balaban J connectivity index is 2.15. The molecule has 2 nitrogen and oxygen atoms in total. The molecule has 0 aliphatic heterocycles. The zero-order valence-corrected chi connectivity index (χ0v) is 13.2. The molecule has 1 atom stereocenters. The second-order valence-corrected chi connectivity index (χ2v) is 5.90. The van der Waals surface area contributed by atoms with Crippen molar-refractivity contribution in [1.82, 2.24) is 4.90 Å². The Morgan fingerprint density at radius 3 is 2.95 bits per heavy atom. The van der Waals surface area contributed by atoms with Crippen LogP contribution in [0.15, 0.2) is 24.3 Å². The molecule has 0 aromatic heterocycles. The van der Waals surface area contributed by atoms with Gasteiger partial charge in [0.25, 0.3) is 0 Å². The molecule has 2 rings (SSSR count). The molecule has 104 valence electrons. The topological polar surface area (TPSA) is 20.3 Å². The minimum Gasteiger partial charge on any atom is -0.342 e. The van der Waals surface area contributed by atoms with Gasteiger partial charge in [-0.1, -0.05) is 40.2 Å². The van der Waals surface area contributed by atoms with E-state index in [-0.39, 0.29) is 5.92 Å². The molecule has 0 spiro atoms. The fourth-order valence-electron chi connectivity index (χ4n) is 2.91. The van der Waals surface area contributed by atoms with Gasteiger partial charge in [-0.05, 0) is 43.7 Å². The fourth-order valence-corrected chi connectivity index (χ4v) is 3.16. The first-order chi connectivity index (χ1) is 9.27. The average Bonchev–Trinajstić information content (AvgIpc) is 2.47. The molecular formula is C16H22BrNO. The number of fused-ring (bicyclic) bond motifs is 1. The highest BCUT2D eigenvalue weighted by atomic mass is 79.9. The van der Waals surface area contributed by atoms with Crippen molar-refractivity contribution in [3.05, 3.63) is 35.4 Å². The van der Waals surface area contributed by atoms with Crippen molar-refractivity contribution < 1.29 is 4.79 Å².